The van der Waals surface area contributed by atoms with E-state index in [0.717, 1.165) is 37.3 Å². The van der Waals surface area contributed by atoms with E-state index in [9.17, 15) is 4.79 Å². The zero-order valence-electron chi connectivity index (χ0n) is 11.7. The van der Waals surface area contributed by atoms with Crippen molar-refractivity contribution in [1.29, 1.82) is 0 Å². The average Bonchev–Trinajstić information content (AvgIpc) is 2.30. The first-order valence-electron chi connectivity index (χ1n) is 6.27. The third-order valence-corrected chi connectivity index (χ3v) is 2.17. The maximum absolute atomic E-state index is 10.5. The van der Waals surface area contributed by atoms with Crippen LogP contribution < -0.4 is 0 Å². The number of hydrogen-bond donors (Lipinski definition) is 1. The van der Waals surface area contributed by atoms with E-state index in [1.807, 2.05) is 6.92 Å². The van der Waals surface area contributed by atoms with Gasteiger partial charge in [0.2, 0.25) is 0 Å². The van der Waals surface area contributed by atoms with E-state index in [-0.39, 0.29) is 5.56 Å². The van der Waals surface area contributed by atoms with Crippen LogP contribution in [0.3, 0.4) is 0 Å². The fourth-order valence-electron chi connectivity index (χ4n) is 1.31. The van der Waals surface area contributed by atoms with Crippen LogP contribution in [0.1, 0.15) is 48.3 Å². The van der Waals surface area contributed by atoms with Gasteiger partial charge in [-0.05, 0) is 38.3 Å². The van der Waals surface area contributed by atoms with Gasteiger partial charge < -0.3 is 9.84 Å². The number of aryl methyl sites for hydroxylation is 2. The molecule has 0 unspecified atom stereocenters. The van der Waals surface area contributed by atoms with Crippen LogP contribution in [0.15, 0.2) is 12.3 Å². The highest BCUT2D eigenvalue weighted by molar-refractivity contribution is 5.88. The van der Waals surface area contributed by atoms with Gasteiger partial charge in [0.25, 0.3) is 0 Å². The van der Waals surface area contributed by atoms with Gasteiger partial charge in [0.15, 0.2) is 0 Å². The number of carboxylic acids is 1. The first-order chi connectivity index (χ1) is 8.52. The Morgan fingerprint density at radius 2 is 1.83 bits per heavy atom. The second-order valence-corrected chi connectivity index (χ2v) is 4.06. The maximum atomic E-state index is 10.5. The summed E-state index contributed by atoms with van der Waals surface area (Å²) in [5.41, 5.74) is 1.87. The lowest BCUT2D eigenvalue weighted by atomic mass is 10.1. The Hall–Kier alpha value is -1.42. The molecule has 0 aromatic carbocycles. The van der Waals surface area contributed by atoms with Gasteiger partial charge in [-0.2, -0.15) is 0 Å². The van der Waals surface area contributed by atoms with Crippen LogP contribution in [0, 0.1) is 13.8 Å². The third-order valence-electron chi connectivity index (χ3n) is 2.17. The molecule has 1 N–H and O–H groups in total. The molecule has 0 atom stereocenters. The minimum absolute atomic E-state index is 0.274. The zero-order valence-corrected chi connectivity index (χ0v) is 11.7. The molecule has 0 spiro atoms. The molecule has 0 aliphatic carbocycles. The second-order valence-electron chi connectivity index (χ2n) is 4.06. The number of pyridine rings is 1. The van der Waals surface area contributed by atoms with Gasteiger partial charge >= 0.3 is 5.97 Å². The molecule has 18 heavy (non-hydrogen) atoms. The van der Waals surface area contributed by atoms with Crippen LogP contribution in [0.4, 0.5) is 0 Å². The Balaban J connectivity index is 0.000000360. The molecular formula is C14H23NO3. The Kier molecular flexibility index (Phi) is 8.84. The number of aromatic nitrogens is 1. The van der Waals surface area contributed by atoms with Crippen LogP contribution in [0.2, 0.25) is 0 Å². The summed E-state index contributed by atoms with van der Waals surface area (Å²) in [5, 5.41) is 8.62. The smallest absolute Gasteiger partial charge is 0.337 e. The second kappa shape index (κ2) is 9.59. The largest absolute Gasteiger partial charge is 0.478 e. The Morgan fingerprint density at radius 1 is 1.28 bits per heavy atom. The zero-order chi connectivity index (χ0) is 14.0. The van der Waals surface area contributed by atoms with E-state index in [0.29, 0.717) is 0 Å². The van der Waals surface area contributed by atoms with Gasteiger partial charge in [0.05, 0.1) is 5.56 Å². The summed E-state index contributed by atoms with van der Waals surface area (Å²) >= 11 is 0. The number of carbonyl (C=O) groups is 1. The number of carboxylic acid groups (broad SMARTS) is 1. The summed E-state index contributed by atoms with van der Waals surface area (Å²) in [6, 6.07) is 1.75. The number of hydrogen-bond acceptors (Lipinski definition) is 3. The maximum Gasteiger partial charge on any atom is 0.337 e. The molecule has 0 amide bonds. The van der Waals surface area contributed by atoms with Crippen molar-refractivity contribution < 1.29 is 14.6 Å². The van der Waals surface area contributed by atoms with Gasteiger partial charge in [-0.25, -0.2) is 4.79 Å². The molecule has 0 fully saturated rings. The van der Waals surface area contributed by atoms with Crippen LogP contribution >= 0.6 is 0 Å². The monoisotopic (exact) mass is 253 g/mol. The van der Waals surface area contributed by atoms with Crippen molar-refractivity contribution in [2.75, 3.05) is 13.2 Å². The molecule has 0 aliphatic rings. The fourth-order valence-corrected chi connectivity index (χ4v) is 1.31. The van der Waals surface area contributed by atoms with E-state index in [2.05, 4.69) is 18.8 Å². The molecule has 1 aromatic heterocycles. The molecule has 0 radical (unpaired) electrons. The van der Waals surface area contributed by atoms with Gasteiger partial charge in [-0.15, -0.1) is 0 Å². The number of nitrogens with zero attached hydrogens (tertiary/aromatic N) is 1. The predicted molar refractivity (Wildman–Crippen MR) is 72.1 cm³/mol. The van der Waals surface area contributed by atoms with E-state index >= 15 is 0 Å². The van der Waals surface area contributed by atoms with E-state index in [1.165, 1.54) is 6.20 Å². The Morgan fingerprint density at radius 3 is 2.22 bits per heavy atom. The van der Waals surface area contributed by atoms with Crippen molar-refractivity contribution in [3.05, 3.63) is 29.1 Å². The van der Waals surface area contributed by atoms with Crippen molar-refractivity contribution in [3.8, 4) is 0 Å². The van der Waals surface area contributed by atoms with Crippen LogP contribution in [0.5, 0.6) is 0 Å². The minimum atomic E-state index is -0.921. The van der Waals surface area contributed by atoms with E-state index < -0.39 is 5.97 Å². The normalized spacial score (nSPS) is 9.56. The molecule has 1 heterocycles. The van der Waals surface area contributed by atoms with Crippen molar-refractivity contribution in [2.45, 2.75) is 40.5 Å². The molecular weight excluding hydrogens is 230 g/mol. The van der Waals surface area contributed by atoms with Gasteiger partial charge in [-0.1, -0.05) is 13.8 Å². The number of aromatic carboxylic acids is 1. The molecule has 0 aliphatic heterocycles. The molecule has 0 bridgehead atoms. The highest BCUT2D eigenvalue weighted by atomic mass is 16.5. The molecule has 102 valence electrons. The summed E-state index contributed by atoms with van der Waals surface area (Å²) in [6.45, 7) is 9.68. The summed E-state index contributed by atoms with van der Waals surface area (Å²) < 4.78 is 5.13. The first-order valence-corrected chi connectivity index (χ1v) is 6.27. The lowest BCUT2D eigenvalue weighted by Gasteiger charge is -1.99. The SMILES string of the molecule is CCCOCCC.Cc1cc(C)c(C(=O)O)cn1. The highest BCUT2D eigenvalue weighted by Gasteiger charge is 2.05. The predicted octanol–water partition coefficient (Wildman–Crippen LogP) is 3.22. The topological polar surface area (TPSA) is 59.4 Å². The average molecular weight is 253 g/mol. The van der Waals surface area contributed by atoms with Gasteiger partial charge in [-0.3, -0.25) is 4.98 Å². The molecule has 4 heteroatoms. The summed E-state index contributed by atoms with van der Waals surface area (Å²) in [4.78, 5) is 14.4. The minimum Gasteiger partial charge on any atom is -0.478 e. The molecule has 1 rings (SSSR count). The van der Waals surface area contributed by atoms with Crippen molar-refractivity contribution in [2.24, 2.45) is 0 Å². The number of rotatable bonds is 5. The van der Waals surface area contributed by atoms with Crippen molar-refractivity contribution in [3.63, 3.8) is 0 Å². The lowest BCUT2D eigenvalue weighted by Crippen LogP contribution is -2.00. The highest BCUT2D eigenvalue weighted by Crippen LogP contribution is 2.06. The fraction of sp³-hybridized carbons (Fsp3) is 0.571. The van der Waals surface area contributed by atoms with E-state index in [4.69, 9.17) is 9.84 Å². The van der Waals surface area contributed by atoms with Crippen LogP contribution in [-0.4, -0.2) is 29.3 Å². The number of ether oxygens (including phenoxy) is 1. The van der Waals surface area contributed by atoms with E-state index in [1.54, 1.807) is 13.0 Å². The molecule has 4 nitrogen and oxygen atoms in total. The third kappa shape index (κ3) is 7.01. The van der Waals surface area contributed by atoms with Crippen molar-refractivity contribution in [1.82, 2.24) is 4.98 Å². The van der Waals surface area contributed by atoms with Crippen LogP contribution in [0.25, 0.3) is 0 Å². The molecule has 0 saturated heterocycles. The molecule has 1 aromatic rings. The van der Waals surface area contributed by atoms with Crippen molar-refractivity contribution >= 4 is 5.97 Å². The quantitative estimate of drug-likeness (QED) is 0.818. The lowest BCUT2D eigenvalue weighted by molar-refractivity contribution is 0.0695. The van der Waals surface area contributed by atoms with Gasteiger partial charge in [0, 0.05) is 25.1 Å². The van der Waals surface area contributed by atoms with Crippen LogP contribution in [-0.2, 0) is 4.74 Å². The van der Waals surface area contributed by atoms with Gasteiger partial charge in [0.1, 0.15) is 0 Å². The summed E-state index contributed by atoms with van der Waals surface area (Å²) in [7, 11) is 0. The Bertz CT molecular complexity index is 360. The summed E-state index contributed by atoms with van der Waals surface area (Å²) in [6.07, 6.45) is 3.66. The summed E-state index contributed by atoms with van der Waals surface area (Å²) in [5.74, 6) is -0.921. The Labute approximate surface area is 109 Å². The standard InChI is InChI=1S/C8H9NO2.C6H14O/c1-5-3-6(2)9-4-7(5)8(10)11;1-3-5-7-6-4-2/h3-4H,1-2H3,(H,10,11);3-6H2,1-2H3. The first kappa shape index (κ1) is 16.6. The molecule has 0 saturated carbocycles.